The van der Waals surface area contributed by atoms with Crippen molar-refractivity contribution in [2.45, 2.75) is 18.9 Å². The Kier molecular flexibility index (Phi) is 3.63. The molecule has 1 heterocycles. The fourth-order valence-electron chi connectivity index (χ4n) is 1.68. The van der Waals surface area contributed by atoms with Crippen molar-refractivity contribution in [2.24, 2.45) is 0 Å². The smallest absolute Gasteiger partial charge is 0.226 e. The molecule has 1 aromatic heterocycles. The normalized spacial score (nSPS) is 14.9. The zero-order valence-electron chi connectivity index (χ0n) is 9.73. The lowest BCUT2D eigenvalue weighted by atomic mass is 10.4. The summed E-state index contributed by atoms with van der Waals surface area (Å²) in [5.74, 6) is 1.82. The number of halogens is 1. The van der Waals surface area contributed by atoms with Gasteiger partial charge in [-0.1, -0.05) is 15.9 Å². The first-order valence-electron chi connectivity index (χ1n) is 5.55. The maximum atomic E-state index is 4.57. The van der Waals surface area contributed by atoms with Crippen LogP contribution in [0, 0.1) is 0 Å². The minimum absolute atomic E-state index is 0.683. The number of hydrogen-bond acceptors (Lipinski definition) is 4. The van der Waals surface area contributed by atoms with Gasteiger partial charge in [0.05, 0.1) is 0 Å². The molecule has 2 rings (SSSR count). The zero-order chi connectivity index (χ0) is 11.5. The fraction of sp³-hybridized carbons (Fsp3) is 0.636. The summed E-state index contributed by atoms with van der Waals surface area (Å²) in [6.07, 6.45) is 4.41. The molecule has 16 heavy (non-hydrogen) atoms. The van der Waals surface area contributed by atoms with Crippen LogP contribution >= 0.6 is 15.9 Å². The van der Waals surface area contributed by atoms with Crippen molar-refractivity contribution in [1.29, 1.82) is 0 Å². The van der Waals surface area contributed by atoms with E-state index < -0.39 is 0 Å². The van der Waals surface area contributed by atoms with E-state index in [9.17, 15) is 0 Å². The number of anilines is 2. The van der Waals surface area contributed by atoms with E-state index in [0.29, 0.717) is 6.04 Å². The molecule has 1 aromatic rings. The summed E-state index contributed by atoms with van der Waals surface area (Å²) in [7, 11) is 3.93. The van der Waals surface area contributed by atoms with Crippen LogP contribution in [0.4, 0.5) is 11.8 Å². The lowest BCUT2D eigenvalue weighted by Gasteiger charge is -2.23. The van der Waals surface area contributed by atoms with Gasteiger partial charge in [0.15, 0.2) is 0 Å². The Morgan fingerprint density at radius 3 is 2.75 bits per heavy atom. The molecule has 0 aliphatic heterocycles. The summed E-state index contributed by atoms with van der Waals surface area (Å²) >= 11 is 3.50. The van der Waals surface area contributed by atoms with Gasteiger partial charge in [-0.3, -0.25) is 0 Å². The van der Waals surface area contributed by atoms with Crippen molar-refractivity contribution in [3.63, 3.8) is 0 Å². The van der Waals surface area contributed by atoms with Crippen molar-refractivity contribution in [3.05, 3.63) is 12.3 Å². The third kappa shape index (κ3) is 2.64. The van der Waals surface area contributed by atoms with Crippen molar-refractivity contribution in [3.8, 4) is 0 Å². The van der Waals surface area contributed by atoms with E-state index in [-0.39, 0.29) is 0 Å². The lowest BCUT2D eigenvalue weighted by Crippen LogP contribution is -2.29. The van der Waals surface area contributed by atoms with Gasteiger partial charge < -0.3 is 9.80 Å². The molecule has 0 atom stereocenters. The zero-order valence-corrected chi connectivity index (χ0v) is 11.3. The van der Waals surface area contributed by atoms with E-state index >= 15 is 0 Å². The summed E-state index contributed by atoms with van der Waals surface area (Å²) in [6.45, 7) is 1.01. The summed E-state index contributed by atoms with van der Waals surface area (Å²) in [5.41, 5.74) is 0. The van der Waals surface area contributed by atoms with Gasteiger partial charge in [0.2, 0.25) is 5.95 Å². The highest BCUT2D eigenvalue weighted by molar-refractivity contribution is 9.09. The van der Waals surface area contributed by atoms with E-state index in [2.05, 4.69) is 30.8 Å². The Bertz CT molecular complexity index is 352. The molecule has 0 N–H and O–H groups in total. The summed E-state index contributed by atoms with van der Waals surface area (Å²) in [4.78, 5) is 13.1. The quantitative estimate of drug-likeness (QED) is 0.774. The third-order valence-electron chi connectivity index (χ3n) is 2.64. The fourth-order valence-corrected chi connectivity index (χ4v) is 2.06. The highest BCUT2D eigenvalue weighted by Crippen LogP contribution is 2.30. The second-order valence-corrected chi connectivity index (χ2v) is 5.02. The van der Waals surface area contributed by atoms with Crippen LogP contribution in [0.5, 0.6) is 0 Å². The van der Waals surface area contributed by atoms with Crippen LogP contribution in [0.2, 0.25) is 0 Å². The van der Waals surface area contributed by atoms with E-state index in [1.807, 2.05) is 31.3 Å². The van der Waals surface area contributed by atoms with Crippen LogP contribution in [0.3, 0.4) is 0 Å². The van der Waals surface area contributed by atoms with Crippen molar-refractivity contribution < 1.29 is 0 Å². The number of rotatable bonds is 5. The summed E-state index contributed by atoms with van der Waals surface area (Å²) < 4.78 is 0. The van der Waals surface area contributed by atoms with Crippen molar-refractivity contribution in [2.75, 3.05) is 35.8 Å². The largest absolute Gasteiger partial charge is 0.353 e. The van der Waals surface area contributed by atoms with E-state index in [0.717, 1.165) is 23.6 Å². The second-order valence-electron chi connectivity index (χ2n) is 4.22. The lowest BCUT2D eigenvalue weighted by molar-refractivity contribution is 0.808. The van der Waals surface area contributed by atoms with Gasteiger partial charge in [-0.25, -0.2) is 4.98 Å². The Morgan fingerprint density at radius 2 is 2.19 bits per heavy atom. The molecule has 0 radical (unpaired) electrons. The molecule has 1 aliphatic carbocycles. The Balaban J connectivity index is 2.19. The number of aromatic nitrogens is 2. The van der Waals surface area contributed by atoms with E-state index in [4.69, 9.17) is 0 Å². The molecule has 1 saturated carbocycles. The first kappa shape index (κ1) is 11.6. The predicted octanol–water partition coefficient (Wildman–Crippen LogP) is 1.91. The van der Waals surface area contributed by atoms with Gasteiger partial charge in [-0.15, -0.1) is 0 Å². The predicted molar refractivity (Wildman–Crippen MR) is 70.5 cm³/mol. The molecule has 5 heteroatoms. The maximum absolute atomic E-state index is 4.57. The Hall–Kier alpha value is -0.840. The van der Waals surface area contributed by atoms with Gasteiger partial charge in [-0.2, -0.15) is 4.98 Å². The van der Waals surface area contributed by atoms with Crippen LogP contribution in [-0.2, 0) is 0 Å². The molecule has 0 bridgehead atoms. The Labute approximate surface area is 105 Å². The average molecular weight is 285 g/mol. The molecule has 0 saturated heterocycles. The van der Waals surface area contributed by atoms with Crippen molar-refractivity contribution >= 4 is 27.7 Å². The minimum Gasteiger partial charge on any atom is -0.353 e. The van der Waals surface area contributed by atoms with Crippen LogP contribution in [-0.4, -0.2) is 42.0 Å². The SMILES string of the molecule is CN(C)c1nccc(N(CCBr)C2CC2)n1. The highest BCUT2D eigenvalue weighted by Gasteiger charge is 2.29. The van der Waals surface area contributed by atoms with Crippen LogP contribution in [0.15, 0.2) is 12.3 Å². The van der Waals surface area contributed by atoms with Gasteiger partial charge in [0, 0.05) is 38.2 Å². The minimum atomic E-state index is 0.683. The van der Waals surface area contributed by atoms with Crippen LogP contribution in [0.25, 0.3) is 0 Å². The monoisotopic (exact) mass is 284 g/mol. The van der Waals surface area contributed by atoms with E-state index in [1.54, 1.807) is 0 Å². The molecular weight excluding hydrogens is 268 g/mol. The standard InChI is InChI=1S/C11H17BrN4/c1-15(2)11-13-7-5-10(14-11)16(8-6-12)9-3-4-9/h5,7,9H,3-4,6,8H2,1-2H3. The maximum Gasteiger partial charge on any atom is 0.226 e. The number of alkyl halides is 1. The molecule has 0 amide bonds. The van der Waals surface area contributed by atoms with Gasteiger partial charge in [0.1, 0.15) is 5.82 Å². The van der Waals surface area contributed by atoms with E-state index in [1.165, 1.54) is 12.8 Å². The number of nitrogens with zero attached hydrogens (tertiary/aromatic N) is 4. The van der Waals surface area contributed by atoms with Gasteiger partial charge in [-0.05, 0) is 18.9 Å². The second kappa shape index (κ2) is 4.99. The van der Waals surface area contributed by atoms with Crippen LogP contribution in [0.1, 0.15) is 12.8 Å². The molecule has 1 fully saturated rings. The van der Waals surface area contributed by atoms with Crippen LogP contribution < -0.4 is 9.80 Å². The molecule has 0 spiro atoms. The molecule has 1 aliphatic rings. The molecule has 0 unspecified atom stereocenters. The van der Waals surface area contributed by atoms with Gasteiger partial charge >= 0.3 is 0 Å². The van der Waals surface area contributed by atoms with Gasteiger partial charge in [0.25, 0.3) is 0 Å². The highest BCUT2D eigenvalue weighted by atomic mass is 79.9. The molecule has 0 aromatic carbocycles. The summed E-state index contributed by atoms with van der Waals surface area (Å²) in [5, 5.41) is 0.977. The van der Waals surface area contributed by atoms with Crippen molar-refractivity contribution in [1.82, 2.24) is 9.97 Å². The molecule has 4 nitrogen and oxygen atoms in total. The summed E-state index contributed by atoms with van der Waals surface area (Å²) in [6, 6.07) is 2.68. The number of hydrogen-bond donors (Lipinski definition) is 0. The third-order valence-corrected chi connectivity index (χ3v) is 2.99. The topological polar surface area (TPSA) is 32.3 Å². The molecular formula is C11H17BrN4. The first-order chi connectivity index (χ1) is 7.72. The average Bonchev–Trinajstić information content (AvgIpc) is 3.10. The molecule has 88 valence electrons. The first-order valence-corrected chi connectivity index (χ1v) is 6.67. The Morgan fingerprint density at radius 1 is 1.44 bits per heavy atom.